The summed E-state index contributed by atoms with van der Waals surface area (Å²) in [6, 6.07) is 5.44. The van der Waals surface area contributed by atoms with E-state index in [4.69, 9.17) is 23.2 Å². The Morgan fingerprint density at radius 3 is 2.63 bits per heavy atom. The molecule has 2 fully saturated rings. The lowest BCUT2D eigenvalue weighted by Gasteiger charge is -2.25. The van der Waals surface area contributed by atoms with Crippen molar-refractivity contribution in [2.45, 2.75) is 13.5 Å². The summed E-state index contributed by atoms with van der Waals surface area (Å²) in [6.45, 7) is 6.84. The number of benzene rings is 1. The normalized spacial score (nSPS) is 24.1. The number of rotatable bonds is 6. The number of piperidine rings is 1. The highest BCUT2D eigenvalue weighted by molar-refractivity contribution is 6.35. The standard InChI is InChI=1S/C20H24Cl2N4O/c1-3-25-8-15-16(9-25)17(15)10-26(20(27)19-11-24(2)12-23-19)7-13-4-5-14(21)6-18(13)22/h4-6,11-12,15-17H,3,7-10H2,1-2H3. The molecule has 0 spiro atoms. The maximum atomic E-state index is 13.1. The summed E-state index contributed by atoms with van der Waals surface area (Å²) in [5.74, 6) is 1.96. The van der Waals surface area contributed by atoms with Crippen molar-refractivity contribution in [2.24, 2.45) is 24.8 Å². The smallest absolute Gasteiger partial charge is 0.274 e. The summed E-state index contributed by atoms with van der Waals surface area (Å²) < 4.78 is 1.80. The maximum absolute atomic E-state index is 13.1. The number of imidazole rings is 1. The molecule has 1 aliphatic carbocycles. The van der Waals surface area contributed by atoms with Gasteiger partial charge in [-0.05, 0) is 42.0 Å². The maximum Gasteiger partial charge on any atom is 0.274 e. The highest BCUT2D eigenvalue weighted by atomic mass is 35.5. The highest BCUT2D eigenvalue weighted by Gasteiger charge is 2.55. The molecule has 1 saturated heterocycles. The summed E-state index contributed by atoms with van der Waals surface area (Å²) in [4.78, 5) is 21.8. The van der Waals surface area contributed by atoms with Crippen LogP contribution in [0.3, 0.4) is 0 Å². The molecule has 1 amide bonds. The first-order valence-corrected chi connectivity index (χ1v) is 10.2. The minimum Gasteiger partial charge on any atom is -0.340 e. The predicted octanol–water partition coefficient (Wildman–Crippen LogP) is 3.57. The molecule has 144 valence electrons. The van der Waals surface area contributed by atoms with E-state index in [0.717, 1.165) is 31.7 Å². The van der Waals surface area contributed by atoms with E-state index in [2.05, 4.69) is 16.8 Å². The Labute approximate surface area is 169 Å². The van der Waals surface area contributed by atoms with Gasteiger partial charge in [0.15, 0.2) is 0 Å². The minimum absolute atomic E-state index is 0.0427. The Bertz CT molecular complexity index is 840. The van der Waals surface area contributed by atoms with Crippen molar-refractivity contribution in [3.63, 3.8) is 0 Å². The van der Waals surface area contributed by atoms with E-state index in [-0.39, 0.29) is 5.91 Å². The van der Waals surface area contributed by atoms with Gasteiger partial charge < -0.3 is 14.4 Å². The number of carbonyl (C=O) groups excluding carboxylic acids is 1. The second kappa shape index (κ2) is 7.46. The fraction of sp³-hybridized carbons (Fsp3) is 0.500. The van der Waals surface area contributed by atoms with Gasteiger partial charge in [0.2, 0.25) is 0 Å². The third-order valence-electron chi connectivity index (χ3n) is 5.91. The molecule has 27 heavy (non-hydrogen) atoms. The van der Waals surface area contributed by atoms with Gasteiger partial charge in [-0.1, -0.05) is 36.2 Å². The molecule has 1 aromatic carbocycles. The number of fused-ring (bicyclic) bond motifs is 1. The Balaban J connectivity index is 1.51. The number of likely N-dealkylation sites (tertiary alicyclic amines) is 1. The van der Waals surface area contributed by atoms with Gasteiger partial charge in [-0.2, -0.15) is 0 Å². The third kappa shape index (κ3) is 3.86. The number of halogens is 2. The molecule has 1 saturated carbocycles. The molecule has 1 aromatic heterocycles. The molecule has 2 aromatic rings. The van der Waals surface area contributed by atoms with Gasteiger partial charge in [0.1, 0.15) is 5.69 Å². The largest absolute Gasteiger partial charge is 0.340 e. The number of hydrogen-bond acceptors (Lipinski definition) is 3. The molecule has 4 rings (SSSR count). The Morgan fingerprint density at radius 1 is 1.30 bits per heavy atom. The first-order valence-electron chi connectivity index (χ1n) is 9.39. The van der Waals surface area contributed by atoms with E-state index < -0.39 is 0 Å². The molecule has 0 bridgehead atoms. The van der Waals surface area contributed by atoms with Crippen LogP contribution < -0.4 is 0 Å². The summed E-state index contributed by atoms with van der Waals surface area (Å²) >= 11 is 12.4. The number of aromatic nitrogens is 2. The summed E-state index contributed by atoms with van der Waals surface area (Å²) in [7, 11) is 1.87. The molecule has 2 atom stereocenters. The molecular weight excluding hydrogens is 383 g/mol. The van der Waals surface area contributed by atoms with E-state index >= 15 is 0 Å². The van der Waals surface area contributed by atoms with Crippen LogP contribution in [0.2, 0.25) is 10.0 Å². The molecule has 5 nitrogen and oxygen atoms in total. The monoisotopic (exact) mass is 406 g/mol. The van der Waals surface area contributed by atoms with Crippen molar-refractivity contribution in [2.75, 3.05) is 26.2 Å². The van der Waals surface area contributed by atoms with Gasteiger partial charge in [0, 0.05) is 49.5 Å². The number of carbonyl (C=O) groups is 1. The predicted molar refractivity (Wildman–Crippen MR) is 107 cm³/mol. The molecule has 1 aliphatic heterocycles. The van der Waals surface area contributed by atoms with Gasteiger partial charge in [-0.15, -0.1) is 0 Å². The number of hydrogen-bond donors (Lipinski definition) is 0. The summed E-state index contributed by atoms with van der Waals surface area (Å²) in [6.07, 6.45) is 3.43. The van der Waals surface area contributed by atoms with Crippen LogP contribution in [-0.4, -0.2) is 51.4 Å². The van der Waals surface area contributed by atoms with Crippen molar-refractivity contribution in [3.05, 3.63) is 52.0 Å². The summed E-state index contributed by atoms with van der Waals surface area (Å²) in [5.41, 5.74) is 1.38. The van der Waals surface area contributed by atoms with E-state index in [0.29, 0.717) is 40.0 Å². The van der Waals surface area contributed by atoms with Crippen molar-refractivity contribution < 1.29 is 4.79 Å². The van der Waals surface area contributed by atoms with Crippen LogP contribution >= 0.6 is 23.2 Å². The zero-order valence-electron chi connectivity index (χ0n) is 15.6. The van der Waals surface area contributed by atoms with Crippen LogP contribution in [0.4, 0.5) is 0 Å². The Morgan fingerprint density at radius 2 is 2.04 bits per heavy atom. The van der Waals surface area contributed by atoms with E-state index in [1.54, 1.807) is 23.2 Å². The van der Waals surface area contributed by atoms with Crippen LogP contribution in [-0.2, 0) is 13.6 Å². The third-order valence-corrected chi connectivity index (χ3v) is 6.50. The summed E-state index contributed by atoms with van der Waals surface area (Å²) in [5, 5.41) is 1.19. The quantitative estimate of drug-likeness (QED) is 0.735. The second-order valence-electron chi connectivity index (χ2n) is 7.69. The topological polar surface area (TPSA) is 41.4 Å². The number of aryl methyl sites for hydroxylation is 1. The first-order chi connectivity index (χ1) is 13.0. The first kappa shape index (κ1) is 18.8. The van der Waals surface area contributed by atoms with E-state index in [9.17, 15) is 4.79 Å². The SMILES string of the molecule is CCN1CC2C(C1)C2CN(Cc1ccc(Cl)cc1Cl)C(=O)c1cn(C)cn1. The van der Waals surface area contributed by atoms with Gasteiger partial charge in [-0.3, -0.25) is 4.79 Å². The molecular formula is C20H24Cl2N4O. The van der Waals surface area contributed by atoms with Crippen molar-refractivity contribution >= 4 is 29.1 Å². The minimum atomic E-state index is -0.0427. The van der Waals surface area contributed by atoms with Gasteiger partial charge in [-0.25, -0.2) is 4.98 Å². The molecule has 0 radical (unpaired) electrons. The molecule has 2 unspecified atom stereocenters. The van der Waals surface area contributed by atoms with Crippen LogP contribution in [0.15, 0.2) is 30.7 Å². The van der Waals surface area contributed by atoms with Crippen LogP contribution in [0, 0.1) is 17.8 Å². The fourth-order valence-electron chi connectivity index (χ4n) is 4.28. The molecule has 2 aliphatic rings. The van der Waals surface area contributed by atoms with E-state index in [1.165, 1.54) is 0 Å². The number of nitrogens with zero attached hydrogens (tertiary/aromatic N) is 4. The number of amides is 1. The van der Waals surface area contributed by atoms with Crippen molar-refractivity contribution in [3.8, 4) is 0 Å². The zero-order valence-corrected chi connectivity index (χ0v) is 17.1. The van der Waals surface area contributed by atoms with Crippen LogP contribution in [0.25, 0.3) is 0 Å². The van der Waals surface area contributed by atoms with Gasteiger partial charge in [0.05, 0.1) is 6.33 Å². The lowest BCUT2D eigenvalue weighted by molar-refractivity contribution is 0.0719. The van der Waals surface area contributed by atoms with E-state index in [1.807, 2.05) is 24.1 Å². The highest BCUT2D eigenvalue weighted by Crippen LogP contribution is 2.52. The Hall–Kier alpha value is -1.56. The van der Waals surface area contributed by atoms with Crippen LogP contribution in [0.5, 0.6) is 0 Å². The average molecular weight is 407 g/mol. The average Bonchev–Trinajstić information content (AvgIpc) is 3.01. The fourth-order valence-corrected chi connectivity index (χ4v) is 4.75. The molecule has 0 N–H and O–H groups in total. The zero-order chi connectivity index (χ0) is 19.1. The van der Waals surface area contributed by atoms with Crippen LogP contribution in [0.1, 0.15) is 23.0 Å². The Kier molecular flexibility index (Phi) is 5.19. The molecule has 7 heteroatoms. The molecule has 2 heterocycles. The van der Waals surface area contributed by atoms with Crippen molar-refractivity contribution in [1.82, 2.24) is 19.4 Å². The lowest BCUT2D eigenvalue weighted by Crippen LogP contribution is -2.35. The second-order valence-corrected chi connectivity index (χ2v) is 8.53. The van der Waals surface area contributed by atoms with Gasteiger partial charge >= 0.3 is 0 Å². The lowest BCUT2D eigenvalue weighted by atomic mass is 10.1. The van der Waals surface area contributed by atoms with Crippen molar-refractivity contribution in [1.29, 1.82) is 0 Å². The van der Waals surface area contributed by atoms with Gasteiger partial charge in [0.25, 0.3) is 5.91 Å².